The van der Waals surface area contributed by atoms with Gasteiger partial charge < -0.3 is 5.11 Å². The molecular weight excluding hydrogens is 158 g/mol. The SMILES string of the molecule is CC(C)C[C@@H](C#N)SCCO. The van der Waals surface area contributed by atoms with Crippen LogP contribution >= 0.6 is 11.8 Å². The first-order chi connectivity index (χ1) is 5.20. The van der Waals surface area contributed by atoms with Crippen molar-refractivity contribution in [3.05, 3.63) is 0 Å². The largest absolute Gasteiger partial charge is 0.396 e. The summed E-state index contributed by atoms with van der Waals surface area (Å²) in [6.07, 6.45) is 0.918. The molecule has 0 aliphatic carbocycles. The van der Waals surface area contributed by atoms with Crippen LogP contribution in [-0.2, 0) is 0 Å². The molecule has 0 unspecified atom stereocenters. The third kappa shape index (κ3) is 6.21. The first-order valence-electron chi connectivity index (χ1n) is 3.82. The van der Waals surface area contributed by atoms with E-state index in [-0.39, 0.29) is 11.9 Å². The summed E-state index contributed by atoms with van der Waals surface area (Å²) in [7, 11) is 0. The van der Waals surface area contributed by atoms with Crippen molar-refractivity contribution in [3.8, 4) is 6.07 Å². The number of aliphatic hydroxyl groups excluding tert-OH is 1. The number of aliphatic hydroxyl groups is 1. The molecule has 2 nitrogen and oxygen atoms in total. The molecule has 11 heavy (non-hydrogen) atoms. The minimum Gasteiger partial charge on any atom is -0.396 e. The molecular formula is C8H15NOS. The highest BCUT2D eigenvalue weighted by Gasteiger charge is 2.08. The lowest BCUT2D eigenvalue weighted by atomic mass is 10.1. The molecule has 3 heteroatoms. The fraction of sp³-hybridized carbons (Fsp3) is 0.875. The van der Waals surface area contributed by atoms with Gasteiger partial charge in [0.05, 0.1) is 17.9 Å². The van der Waals surface area contributed by atoms with Gasteiger partial charge in [-0.05, 0) is 12.3 Å². The van der Waals surface area contributed by atoms with Gasteiger partial charge in [-0.1, -0.05) is 13.8 Å². The summed E-state index contributed by atoms with van der Waals surface area (Å²) in [6, 6.07) is 2.22. The Labute approximate surface area is 72.6 Å². The summed E-state index contributed by atoms with van der Waals surface area (Å²) >= 11 is 1.54. The van der Waals surface area contributed by atoms with Crippen molar-refractivity contribution < 1.29 is 5.11 Å². The third-order valence-corrected chi connectivity index (χ3v) is 2.36. The highest BCUT2D eigenvalue weighted by atomic mass is 32.2. The molecule has 0 aliphatic rings. The molecule has 0 aromatic rings. The van der Waals surface area contributed by atoms with Gasteiger partial charge in [-0.15, -0.1) is 11.8 Å². The first-order valence-corrected chi connectivity index (χ1v) is 4.87. The lowest BCUT2D eigenvalue weighted by Gasteiger charge is -2.09. The lowest BCUT2D eigenvalue weighted by Crippen LogP contribution is -2.05. The Balaban J connectivity index is 3.52. The van der Waals surface area contributed by atoms with Gasteiger partial charge in [-0.25, -0.2) is 0 Å². The number of thioether (sulfide) groups is 1. The van der Waals surface area contributed by atoms with Crippen LogP contribution in [-0.4, -0.2) is 22.7 Å². The van der Waals surface area contributed by atoms with Crippen LogP contribution in [0, 0.1) is 17.2 Å². The zero-order valence-electron chi connectivity index (χ0n) is 7.08. The predicted molar refractivity (Wildman–Crippen MR) is 48.4 cm³/mol. The lowest BCUT2D eigenvalue weighted by molar-refractivity contribution is 0.322. The summed E-state index contributed by atoms with van der Waals surface area (Å²) < 4.78 is 0. The van der Waals surface area contributed by atoms with Crippen molar-refractivity contribution in [1.82, 2.24) is 0 Å². The van der Waals surface area contributed by atoms with E-state index in [1.165, 1.54) is 11.8 Å². The van der Waals surface area contributed by atoms with E-state index in [1.54, 1.807) is 0 Å². The Morgan fingerprint density at radius 1 is 1.55 bits per heavy atom. The van der Waals surface area contributed by atoms with Crippen LogP contribution in [0.5, 0.6) is 0 Å². The number of hydrogen-bond donors (Lipinski definition) is 1. The molecule has 0 amide bonds. The van der Waals surface area contributed by atoms with Crippen molar-refractivity contribution in [2.75, 3.05) is 12.4 Å². The Kier molecular flexibility index (Phi) is 6.39. The van der Waals surface area contributed by atoms with Crippen molar-refractivity contribution >= 4 is 11.8 Å². The van der Waals surface area contributed by atoms with E-state index in [4.69, 9.17) is 10.4 Å². The fourth-order valence-corrected chi connectivity index (χ4v) is 1.77. The fourth-order valence-electron chi connectivity index (χ4n) is 0.781. The topological polar surface area (TPSA) is 44.0 Å². The van der Waals surface area contributed by atoms with Gasteiger partial charge in [0.2, 0.25) is 0 Å². The van der Waals surface area contributed by atoms with Gasteiger partial charge in [-0.3, -0.25) is 0 Å². The molecule has 0 heterocycles. The summed E-state index contributed by atoms with van der Waals surface area (Å²) in [5, 5.41) is 17.2. The summed E-state index contributed by atoms with van der Waals surface area (Å²) in [5.41, 5.74) is 0. The molecule has 0 saturated carbocycles. The van der Waals surface area contributed by atoms with Crippen molar-refractivity contribution in [1.29, 1.82) is 5.26 Å². The monoisotopic (exact) mass is 173 g/mol. The van der Waals surface area contributed by atoms with Crippen LogP contribution in [0.2, 0.25) is 0 Å². The van der Waals surface area contributed by atoms with E-state index >= 15 is 0 Å². The van der Waals surface area contributed by atoms with Crippen LogP contribution in [0.4, 0.5) is 0 Å². The second-order valence-corrected chi connectivity index (χ2v) is 4.15. The highest BCUT2D eigenvalue weighted by Crippen LogP contribution is 2.17. The highest BCUT2D eigenvalue weighted by molar-refractivity contribution is 8.00. The number of nitrogens with zero attached hydrogens (tertiary/aromatic N) is 1. The molecule has 0 aromatic carbocycles. The van der Waals surface area contributed by atoms with E-state index in [9.17, 15) is 0 Å². The van der Waals surface area contributed by atoms with E-state index in [0.717, 1.165) is 6.42 Å². The molecule has 0 saturated heterocycles. The van der Waals surface area contributed by atoms with E-state index < -0.39 is 0 Å². The predicted octanol–water partition coefficient (Wildman–Crippen LogP) is 1.65. The van der Waals surface area contributed by atoms with Gasteiger partial charge in [0, 0.05) is 5.75 Å². The van der Waals surface area contributed by atoms with Crippen molar-refractivity contribution in [2.45, 2.75) is 25.5 Å². The zero-order chi connectivity index (χ0) is 8.69. The molecule has 0 rings (SSSR count). The minimum atomic E-state index is 0.0575. The van der Waals surface area contributed by atoms with Gasteiger partial charge in [0.1, 0.15) is 0 Å². The van der Waals surface area contributed by atoms with Crippen LogP contribution < -0.4 is 0 Å². The van der Waals surface area contributed by atoms with E-state index in [0.29, 0.717) is 11.7 Å². The molecule has 1 atom stereocenters. The van der Waals surface area contributed by atoms with Gasteiger partial charge in [0.25, 0.3) is 0 Å². The van der Waals surface area contributed by atoms with Crippen LogP contribution in [0.1, 0.15) is 20.3 Å². The summed E-state index contributed by atoms with van der Waals surface area (Å²) in [6.45, 7) is 4.37. The van der Waals surface area contributed by atoms with Crippen LogP contribution in [0.3, 0.4) is 0 Å². The number of rotatable bonds is 5. The van der Waals surface area contributed by atoms with Crippen LogP contribution in [0.25, 0.3) is 0 Å². The molecule has 1 N–H and O–H groups in total. The third-order valence-electron chi connectivity index (χ3n) is 1.24. The second-order valence-electron chi connectivity index (χ2n) is 2.84. The van der Waals surface area contributed by atoms with Crippen LogP contribution in [0.15, 0.2) is 0 Å². The number of nitriles is 1. The molecule has 0 fully saturated rings. The summed E-state index contributed by atoms with van der Waals surface area (Å²) in [5.74, 6) is 1.23. The molecule has 0 aliphatic heterocycles. The minimum absolute atomic E-state index is 0.0575. The average Bonchev–Trinajstić information content (AvgIpc) is 1.97. The molecule has 0 spiro atoms. The normalized spacial score (nSPS) is 13.0. The van der Waals surface area contributed by atoms with E-state index in [1.807, 2.05) is 0 Å². The molecule has 0 bridgehead atoms. The Hall–Kier alpha value is -0.200. The van der Waals surface area contributed by atoms with Crippen molar-refractivity contribution in [3.63, 3.8) is 0 Å². The quantitative estimate of drug-likeness (QED) is 0.687. The van der Waals surface area contributed by atoms with Gasteiger partial charge in [-0.2, -0.15) is 5.26 Å². The van der Waals surface area contributed by atoms with Gasteiger partial charge >= 0.3 is 0 Å². The number of hydrogen-bond acceptors (Lipinski definition) is 3. The second kappa shape index (κ2) is 6.51. The average molecular weight is 173 g/mol. The standard InChI is InChI=1S/C8H15NOS/c1-7(2)5-8(6-9)11-4-3-10/h7-8,10H,3-5H2,1-2H3/t8-/m0/s1. The Morgan fingerprint density at radius 2 is 2.18 bits per heavy atom. The summed E-state index contributed by atoms with van der Waals surface area (Å²) in [4.78, 5) is 0. The maximum atomic E-state index is 8.65. The zero-order valence-corrected chi connectivity index (χ0v) is 7.90. The Morgan fingerprint density at radius 3 is 2.55 bits per heavy atom. The maximum absolute atomic E-state index is 8.65. The molecule has 64 valence electrons. The molecule has 0 radical (unpaired) electrons. The smallest absolute Gasteiger partial charge is 0.0919 e. The van der Waals surface area contributed by atoms with E-state index in [2.05, 4.69) is 19.9 Å². The maximum Gasteiger partial charge on any atom is 0.0919 e. The Bertz CT molecular complexity index is 131. The molecule has 0 aromatic heterocycles. The first kappa shape index (κ1) is 10.8. The van der Waals surface area contributed by atoms with Crippen molar-refractivity contribution in [2.24, 2.45) is 5.92 Å². The van der Waals surface area contributed by atoms with Gasteiger partial charge in [0.15, 0.2) is 0 Å².